The van der Waals surface area contributed by atoms with Crippen molar-refractivity contribution in [3.63, 3.8) is 0 Å². The highest BCUT2D eigenvalue weighted by atomic mass is 79.9. The molecule has 12 heteroatoms. The number of carboxylic acids is 1. The van der Waals surface area contributed by atoms with Crippen LogP contribution in [0.25, 0.3) is 10.9 Å². The van der Waals surface area contributed by atoms with E-state index in [0.29, 0.717) is 10.9 Å². The standard InChI is InChI=1S/C16H14BrN5O5S/c17-7-1-2-9-8(5-7)13(15(27)19-9)21-22-16-20-14(26)10(28-16)6-11(23)18-4-3-12(24)25/h1-2,5,10,19,27H,3-4,6H2,(H,18,23)(H,24,25)/t10-/m1/s1. The number of hydrogen-bond donors (Lipinski definition) is 4. The Morgan fingerprint density at radius 3 is 2.89 bits per heavy atom. The number of aromatic amines is 1. The Morgan fingerprint density at radius 2 is 2.14 bits per heavy atom. The molecule has 1 aromatic heterocycles. The van der Waals surface area contributed by atoms with Crippen molar-refractivity contribution in [2.24, 2.45) is 15.2 Å². The number of H-pyrrole nitrogens is 1. The number of fused-ring (bicyclic) bond motifs is 1. The number of benzene rings is 1. The van der Waals surface area contributed by atoms with Crippen LogP contribution in [0.1, 0.15) is 12.8 Å². The number of thioether (sulfide) groups is 1. The van der Waals surface area contributed by atoms with E-state index in [9.17, 15) is 19.5 Å². The van der Waals surface area contributed by atoms with Crippen LogP contribution in [-0.4, -0.2) is 49.9 Å². The molecule has 1 aliphatic heterocycles. The third-order valence-electron chi connectivity index (χ3n) is 3.71. The number of rotatable bonds is 6. The fourth-order valence-corrected chi connectivity index (χ4v) is 3.66. The molecule has 0 aliphatic carbocycles. The summed E-state index contributed by atoms with van der Waals surface area (Å²) in [5.74, 6) is -2.15. The van der Waals surface area contributed by atoms with Gasteiger partial charge < -0.3 is 20.5 Å². The fourth-order valence-electron chi connectivity index (χ4n) is 2.42. The summed E-state index contributed by atoms with van der Waals surface area (Å²) < 4.78 is 0.798. The third kappa shape index (κ3) is 4.75. The number of carbonyl (C=O) groups is 3. The lowest BCUT2D eigenvalue weighted by atomic mass is 10.2. The SMILES string of the molecule is O=C(O)CCNC(=O)C[C@H]1SC(N=Nc2c(O)[nH]c3ccc(Br)cc23)=NC1=O. The lowest BCUT2D eigenvalue weighted by molar-refractivity contribution is -0.137. The summed E-state index contributed by atoms with van der Waals surface area (Å²) >= 11 is 4.33. The minimum Gasteiger partial charge on any atom is -0.493 e. The zero-order valence-corrected chi connectivity index (χ0v) is 16.6. The number of aromatic nitrogens is 1. The van der Waals surface area contributed by atoms with Crippen LogP contribution in [0.2, 0.25) is 0 Å². The number of aliphatic imine (C=N–C) groups is 1. The molecule has 1 atom stereocenters. The zero-order valence-electron chi connectivity index (χ0n) is 14.2. The van der Waals surface area contributed by atoms with Crippen LogP contribution < -0.4 is 5.32 Å². The third-order valence-corrected chi connectivity index (χ3v) is 5.24. The molecule has 2 amide bonds. The van der Waals surface area contributed by atoms with Gasteiger partial charge in [-0.2, -0.15) is 4.99 Å². The first-order valence-electron chi connectivity index (χ1n) is 8.03. The highest BCUT2D eigenvalue weighted by Gasteiger charge is 2.30. The summed E-state index contributed by atoms with van der Waals surface area (Å²) in [7, 11) is 0. The van der Waals surface area contributed by atoms with E-state index in [4.69, 9.17) is 5.11 Å². The van der Waals surface area contributed by atoms with Gasteiger partial charge in [-0.3, -0.25) is 14.4 Å². The van der Waals surface area contributed by atoms with E-state index in [2.05, 4.69) is 41.5 Å². The number of aliphatic carboxylic acids is 1. The van der Waals surface area contributed by atoms with Gasteiger partial charge in [0.05, 0.1) is 11.9 Å². The largest absolute Gasteiger partial charge is 0.493 e. The van der Waals surface area contributed by atoms with Crippen molar-refractivity contribution in [3.8, 4) is 5.88 Å². The lowest BCUT2D eigenvalue weighted by Crippen LogP contribution is -2.29. The highest BCUT2D eigenvalue weighted by molar-refractivity contribution is 9.10. The summed E-state index contributed by atoms with van der Waals surface area (Å²) in [6, 6.07) is 5.34. The van der Waals surface area contributed by atoms with Crippen LogP contribution in [0.15, 0.2) is 37.9 Å². The summed E-state index contributed by atoms with van der Waals surface area (Å²) in [5.41, 5.74) is 0.879. The zero-order chi connectivity index (χ0) is 20.3. The van der Waals surface area contributed by atoms with Gasteiger partial charge in [0.25, 0.3) is 5.91 Å². The van der Waals surface area contributed by atoms with Crippen molar-refractivity contribution in [2.75, 3.05) is 6.54 Å². The van der Waals surface area contributed by atoms with Crippen LogP contribution >= 0.6 is 27.7 Å². The summed E-state index contributed by atoms with van der Waals surface area (Å²) in [5, 5.41) is 28.9. The molecule has 0 saturated carbocycles. The van der Waals surface area contributed by atoms with Crippen molar-refractivity contribution in [1.82, 2.24) is 10.3 Å². The Balaban J connectivity index is 1.63. The number of amidine groups is 1. The molecule has 4 N–H and O–H groups in total. The van der Waals surface area contributed by atoms with Gasteiger partial charge in [-0.05, 0) is 18.2 Å². The number of nitrogens with zero attached hydrogens (tertiary/aromatic N) is 3. The molecule has 0 spiro atoms. The number of carbonyl (C=O) groups excluding carboxylic acids is 2. The van der Waals surface area contributed by atoms with Crippen molar-refractivity contribution in [2.45, 2.75) is 18.1 Å². The second kappa shape index (κ2) is 8.52. The van der Waals surface area contributed by atoms with Gasteiger partial charge in [0.1, 0.15) is 5.25 Å². The van der Waals surface area contributed by atoms with E-state index in [-0.39, 0.29) is 36.1 Å². The Labute approximate surface area is 170 Å². The van der Waals surface area contributed by atoms with Gasteiger partial charge >= 0.3 is 5.97 Å². The van der Waals surface area contributed by atoms with Crippen molar-refractivity contribution in [1.29, 1.82) is 0 Å². The second-order valence-electron chi connectivity index (χ2n) is 5.75. The van der Waals surface area contributed by atoms with Crippen LogP contribution in [0.3, 0.4) is 0 Å². The van der Waals surface area contributed by atoms with E-state index in [1.54, 1.807) is 18.2 Å². The molecular weight excluding hydrogens is 454 g/mol. The molecule has 1 aliphatic rings. The van der Waals surface area contributed by atoms with Gasteiger partial charge in [-0.25, -0.2) is 0 Å². The average Bonchev–Trinajstić information content (AvgIpc) is 3.11. The molecule has 2 heterocycles. The van der Waals surface area contributed by atoms with Gasteiger partial charge in [-0.1, -0.05) is 27.7 Å². The average molecular weight is 468 g/mol. The summed E-state index contributed by atoms with van der Waals surface area (Å²) in [6.07, 6.45) is -0.339. The quantitative estimate of drug-likeness (QED) is 0.478. The van der Waals surface area contributed by atoms with Crippen molar-refractivity contribution in [3.05, 3.63) is 22.7 Å². The molecule has 28 heavy (non-hydrogen) atoms. The Kier molecular flexibility index (Phi) is 6.09. The molecule has 0 saturated heterocycles. The number of hydrogen-bond acceptors (Lipinski definition) is 7. The number of carboxylic acid groups (broad SMARTS) is 1. The van der Waals surface area contributed by atoms with Crippen LogP contribution in [-0.2, 0) is 14.4 Å². The monoisotopic (exact) mass is 467 g/mol. The minimum absolute atomic E-state index is 0.0113. The second-order valence-corrected chi connectivity index (χ2v) is 7.83. The molecule has 0 unspecified atom stereocenters. The van der Waals surface area contributed by atoms with E-state index >= 15 is 0 Å². The first-order valence-corrected chi connectivity index (χ1v) is 9.70. The van der Waals surface area contributed by atoms with Crippen molar-refractivity contribution >= 4 is 67.2 Å². The molecule has 0 fully saturated rings. The summed E-state index contributed by atoms with van der Waals surface area (Å²) in [6.45, 7) is -0.0113. The maximum Gasteiger partial charge on any atom is 0.305 e. The first kappa shape index (κ1) is 20.0. The maximum absolute atomic E-state index is 11.9. The van der Waals surface area contributed by atoms with Crippen LogP contribution in [0.5, 0.6) is 5.88 Å². The first-order chi connectivity index (χ1) is 13.3. The Bertz CT molecular complexity index is 1020. The molecule has 0 radical (unpaired) electrons. The van der Waals surface area contributed by atoms with E-state index in [1.165, 1.54) is 0 Å². The number of halogens is 1. The molecule has 10 nitrogen and oxygen atoms in total. The normalized spacial score (nSPS) is 16.7. The van der Waals surface area contributed by atoms with E-state index < -0.39 is 23.0 Å². The smallest absolute Gasteiger partial charge is 0.305 e. The maximum atomic E-state index is 11.9. The topological polar surface area (TPSA) is 157 Å². The molecular formula is C16H14BrN5O5S. The van der Waals surface area contributed by atoms with Crippen LogP contribution in [0, 0.1) is 0 Å². The van der Waals surface area contributed by atoms with Gasteiger partial charge in [0.15, 0.2) is 5.69 Å². The number of nitrogens with one attached hydrogen (secondary N) is 2. The predicted molar refractivity (Wildman–Crippen MR) is 106 cm³/mol. The number of amides is 2. The van der Waals surface area contributed by atoms with Crippen molar-refractivity contribution < 1.29 is 24.6 Å². The van der Waals surface area contributed by atoms with Crippen LogP contribution in [0.4, 0.5) is 5.69 Å². The lowest BCUT2D eigenvalue weighted by Gasteiger charge is -2.06. The molecule has 3 rings (SSSR count). The number of azo groups is 1. The minimum atomic E-state index is -1.02. The molecule has 0 bridgehead atoms. The molecule has 2 aromatic rings. The highest BCUT2D eigenvalue weighted by Crippen LogP contribution is 2.37. The number of aromatic hydroxyl groups is 1. The predicted octanol–water partition coefficient (Wildman–Crippen LogP) is 2.70. The molecule has 146 valence electrons. The van der Waals surface area contributed by atoms with Gasteiger partial charge in [-0.15, -0.1) is 10.2 Å². The Hall–Kier alpha value is -2.73. The Morgan fingerprint density at radius 1 is 1.36 bits per heavy atom. The van der Waals surface area contributed by atoms with E-state index in [1.807, 2.05) is 0 Å². The van der Waals surface area contributed by atoms with E-state index in [0.717, 1.165) is 16.2 Å². The summed E-state index contributed by atoms with van der Waals surface area (Å²) in [4.78, 5) is 40.7. The van der Waals surface area contributed by atoms with Gasteiger partial charge in [0, 0.05) is 22.8 Å². The fraction of sp³-hybridized carbons (Fsp3) is 0.250. The van der Waals surface area contributed by atoms with Gasteiger partial charge in [0.2, 0.25) is 17.0 Å². The molecule has 1 aromatic carbocycles.